The lowest BCUT2D eigenvalue weighted by molar-refractivity contribution is -0.135. The van der Waals surface area contributed by atoms with Crippen molar-refractivity contribution in [3.05, 3.63) is 0 Å². The molecular weight excluding hydrogens is 188 g/mol. The maximum absolute atomic E-state index is 12.0. The third-order valence-electron chi connectivity index (χ3n) is 3.56. The molecule has 3 heteroatoms. The van der Waals surface area contributed by atoms with E-state index in [2.05, 4.69) is 13.8 Å². The average Bonchev–Trinajstić information content (AvgIpc) is 2.64. The molecule has 15 heavy (non-hydrogen) atoms. The van der Waals surface area contributed by atoms with Gasteiger partial charge < -0.3 is 10.6 Å². The van der Waals surface area contributed by atoms with E-state index in [9.17, 15) is 4.79 Å². The molecule has 2 atom stereocenters. The zero-order valence-electron chi connectivity index (χ0n) is 10.2. The molecule has 1 rings (SSSR count). The second-order valence-electron chi connectivity index (χ2n) is 5.05. The van der Waals surface area contributed by atoms with Crippen LogP contribution in [0.15, 0.2) is 0 Å². The lowest BCUT2D eigenvalue weighted by Crippen LogP contribution is -2.35. The first kappa shape index (κ1) is 12.5. The Labute approximate surface area is 93.0 Å². The number of rotatable bonds is 4. The summed E-state index contributed by atoms with van der Waals surface area (Å²) in [5, 5.41) is 0. The van der Waals surface area contributed by atoms with Crippen LogP contribution in [-0.2, 0) is 4.79 Å². The van der Waals surface area contributed by atoms with Crippen LogP contribution < -0.4 is 5.73 Å². The Morgan fingerprint density at radius 3 is 2.67 bits per heavy atom. The molecule has 0 radical (unpaired) electrons. The van der Waals surface area contributed by atoms with Gasteiger partial charge in [0.25, 0.3) is 0 Å². The summed E-state index contributed by atoms with van der Waals surface area (Å²) in [5.74, 6) is 1.55. The van der Waals surface area contributed by atoms with Gasteiger partial charge in [0.2, 0.25) is 5.91 Å². The van der Waals surface area contributed by atoms with Gasteiger partial charge >= 0.3 is 0 Å². The third kappa shape index (κ3) is 3.20. The smallest absolute Gasteiger partial charge is 0.225 e. The highest BCUT2D eigenvalue weighted by Crippen LogP contribution is 2.22. The lowest BCUT2D eigenvalue weighted by Gasteiger charge is -2.23. The van der Waals surface area contributed by atoms with Crippen molar-refractivity contribution in [2.24, 2.45) is 23.5 Å². The Kier molecular flexibility index (Phi) is 4.58. The van der Waals surface area contributed by atoms with Crippen LogP contribution in [0.4, 0.5) is 0 Å². The van der Waals surface area contributed by atoms with Gasteiger partial charge in [-0.25, -0.2) is 0 Å². The number of nitrogens with two attached hydrogens (primary N) is 1. The molecule has 1 amide bonds. The summed E-state index contributed by atoms with van der Waals surface area (Å²) in [6.45, 7) is 8.84. The minimum absolute atomic E-state index is 0.154. The third-order valence-corrected chi connectivity index (χ3v) is 3.56. The highest BCUT2D eigenvalue weighted by atomic mass is 16.2. The van der Waals surface area contributed by atoms with Crippen molar-refractivity contribution in [3.63, 3.8) is 0 Å². The number of likely N-dealkylation sites (tertiary alicyclic amines) is 1. The van der Waals surface area contributed by atoms with E-state index in [0.717, 1.165) is 32.5 Å². The number of hydrogen-bond acceptors (Lipinski definition) is 2. The molecule has 2 unspecified atom stereocenters. The van der Waals surface area contributed by atoms with E-state index in [1.165, 1.54) is 0 Å². The monoisotopic (exact) mass is 212 g/mol. The van der Waals surface area contributed by atoms with Crippen LogP contribution in [0.25, 0.3) is 0 Å². The van der Waals surface area contributed by atoms with Gasteiger partial charge in [0.15, 0.2) is 0 Å². The van der Waals surface area contributed by atoms with E-state index in [-0.39, 0.29) is 5.92 Å². The zero-order chi connectivity index (χ0) is 11.4. The fraction of sp³-hybridized carbons (Fsp3) is 0.917. The van der Waals surface area contributed by atoms with E-state index in [1.54, 1.807) is 0 Å². The number of nitrogens with zero attached hydrogens (tertiary/aromatic N) is 1. The van der Waals surface area contributed by atoms with Crippen molar-refractivity contribution in [3.8, 4) is 0 Å². The van der Waals surface area contributed by atoms with Crippen LogP contribution in [-0.4, -0.2) is 30.4 Å². The van der Waals surface area contributed by atoms with E-state index in [0.29, 0.717) is 17.7 Å². The van der Waals surface area contributed by atoms with Gasteiger partial charge in [-0.1, -0.05) is 20.8 Å². The van der Waals surface area contributed by atoms with Gasteiger partial charge in [-0.3, -0.25) is 4.79 Å². The van der Waals surface area contributed by atoms with Gasteiger partial charge in [0.1, 0.15) is 0 Å². The fourth-order valence-electron chi connectivity index (χ4n) is 2.08. The van der Waals surface area contributed by atoms with E-state index < -0.39 is 0 Å². The summed E-state index contributed by atoms with van der Waals surface area (Å²) >= 11 is 0. The predicted octanol–water partition coefficient (Wildman–Crippen LogP) is 1.48. The minimum atomic E-state index is 0.154. The fourth-order valence-corrected chi connectivity index (χ4v) is 2.08. The number of amides is 1. The molecule has 1 fully saturated rings. The molecule has 1 saturated heterocycles. The first-order valence-electron chi connectivity index (χ1n) is 6.05. The van der Waals surface area contributed by atoms with Crippen molar-refractivity contribution in [2.45, 2.75) is 33.6 Å². The summed E-state index contributed by atoms with van der Waals surface area (Å²) in [6, 6.07) is 0. The number of carbonyl (C=O) groups is 1. The van der Waals surface area contributed by atoms with Crippen LogP contribution in [0.5, 0.6) is 0 Å². The summed E-state index contributed by atoms with van der Waals surface area (Å²) in [4.78, 5) is 14.1. The molecule has 2 N–H and O–H groups in total. The number of hydrogen-bond donors (Lipinski definition) is 1. The Morgan fingerprint density at radius 1 is 1.47 bits per heavy atom. The van der Waals surface area contributed by atoms with Gasteiger partial charge in [0.05, 0.1) is 0 Å². The normalized spacial score (nSPS) is 23.5. The minimum Gasteiger partial charge on any atom is -0.342 e. The van der Waals surface area contributed by atoms with Crippen LogP contribution in [0, 0.1) is 17.8 Å². The molecule has 88 valence electrons. The Bertz CT molecular complexity index is 216. The second-order valence-corrected chi connectivity index (χ2v) is 5.05. The number of carbonyl (C=O) groups excluding carboxylic acids is 1. The van der Waals surface area contributed by atoms with Gasteiger partial charge in [-0.15, -0.1) is 0 Å². The summed E-state index contributed by atoms with van der Waals surface area (Å²) in [5.41, 5.74) is 5.53. The van der Waals surface area contributed by atoms with Gasteiger partial charge in [-0.05, 0) is 31.2 Å². The SMILES string of the molecule is CC(C)C(C)C(=O)N1CCC(CCN)C1. The molecule has 0 aromatic rings. The Balaban J connectivity index is 2.43. The van der Waals surface area contributed by atoms with Crippen LogP contribution in [0.2, 0.25) is 0 Å². The Morgan fingerprint density at radius 2 is 2.13 bits per heavy atom. The topological polar surface area (TPSA) is 46.3 Å². The molecule has 3 nitrogen and oxygen atoms in total. The van der Waals surface area contributed by atoms with E-state index in [4.69, 9.17) is 5.73 Å². The molecule has 1 aliphatic rings. The van der Waals surface area contributed by atoms with Crippen LogP contribution in [0.1, 0.15) is 33.6 Å². The molecule has 0 bridgehead atoms. The predicted molar refractivity (Wildman–Crippen MR) is 62.4 cm³/mol. The van der Waals surface area contributed by atoms with Crippen molar-refractivity contribution in [1.29, 1.82) is 0 Å². The summed E-state index contributed by atoms with van der Waals surface area (Å²) in [7, 11) is 0. The van der Waals surface area contributed by atoms with Crippen molar-refractivity contribution in [2.75, 3.05) is 19.6 Å². The summed E-state index contributed by atoms with van der Waals surface area (Å²) < 4.78 is 0. The quantitative estimate of drug-likeness (QED) is 0.767. The second kappa shape index (κ2) is 5.50. The summed E-state index contributed by atoms with van der Waals surface area (Å²) in [6.07, 6.45) is 2.19. The maximum Gasteiger partial charge on any atom is 0.225 e. The van der Waals surface area contributed by atoms with Crippen LogP contribution >= 0.6 is 0 Å². The van der Waals surface area contributed by atoms with Crippen molar-refractivity contribution >= 4 is 5.91 Å². The molecule has 0 saturated carbocycles. The average molecular weight is 212 g/mol. The van der Waals surface area contributed by atoms with Crippen LogP contribution in [0.3, 0.4) is 0 Å². The zero-order valence-corrected chi connectivity index (χ0v) is 10.2. The highest BCUT2D eigenvalue weighted by Gasteiger charge is 2.29. The molecule has 0 aromatic carbocycles. The van der Waals surface area contributed by atoms with Crippen molar-refractivity contribution < 1.29 is 4.79 Å². The molecule has 0 spiro atoms. The standard InChI is InChI=1S/C12H24N2O/c1-9(2)10(3)12(15)14-7-5-11(8-14)4-6-13/h9-11H,4-8,13H2,1-3H3. The first-order chi connectivity index (χ1) is 7.06. The highest BCUT2D eigenvalue weighted by molar-refractivity contribution is 5.79. The Hall–Kier alpha value is -0.570. The van der Waals surface area contributed by atoms with Gasteiger partial charge in [0, 0.05) is 19.0 Å². The molecule has 1 aliphatic heterocycles. The van der Waals surface area contributed by atoms with Crippen molar-refractivity contribution in [1.82, 2.24) is 4.90 Å². The molecular formula is C12H24N2O. The maximum atomic E-state index is 12.0. The van der Waals surface area contributed by atoms with E-state index >= 15 is 0 Å². The lowest BCUT2D eigenvalue weighted by atomic mass is 9.97. The largest absolute Gasteiger partial charge is 0.342 e. The van der Waals surface area contributed by atoms with E-state index in [1.807, 2.05) is 11.8 Å². The molecule has 0 aliphatic carbocycles. The first-order valence-corrected chi connectivity index (χ1v) is 6.05. The molecule has 0 aromatic heterocycles. The van der Waals surface area contributed by atoms with Gasteiger partial charge in [-0.2, -0.15) is 0 Å². The molecule has 1 heterocycles.